The Morgan fingerprint density at radius 2 is 1.69 bits per heavy atom. The predicted octanol–water partition coefficient (Wildman–Crippen LogP) is 2.85. The predicted molar refractivity (Wildman–Crippen MR) is 122 cm³/mol. The summed E-state index contributed by atoms with van der Waals surface area (Å²) in [6.45, 7) is 5.01. The molecule has 0 saturated carbocycles. The van der Waals surface area contributed by atoms with Crippen LogP contribution in [0.5, 0.6) is 0 Å². The molecule has 1 saturated heterocycles. The summed E-state index contributed by atoms with van der Waals surface area (Å²) < 4.78 is 32.0. The summed E-state index contributed by atoms with van der Waals surface area (Å²) in [4.78, 5) is 24.3. The Labute approximate surface area is 189 Å². The van der Waals surface area contributed by atoms with Crippen molar-refractivity contribution in [1.82, 2.24) is 9.62 Å². The number of sulfonamides is 1. The lowest BCUT2D eigenvalue weighted by molar-refractivity contribution is -0.126. The number of aryl methyl sites for hydroxylation is 2. The third-order valence-electron chi connectivity index (χ3n) is 6.03. The number of piperidine rings is 1. The van der Waals surface area contributed by atoms with Gasteiger partial charge in [-0.25, -0.2) is 13.2 Å². The Morgan fingerprint density at radius 1 is 1.03 bits per heavy atom. The highest BCUT2D eigenvalue weighted by Gasteiger charge is 2.32. The maximum atomic E-state index is 12.9. The molecule has 172 valence electrons. The minimum Gasteiger partial charge on any atom is -0.465 e. The van der Waals surface area contributed by atoms with Crippen LogP contribution in [0.15, 0.2) is 47.4 Å². The van der Waals surface area contributed by atoms with Gasteiger partial charge in [-0.1, -0.05) is 18.2 Å². The molecular formula is C24H30N2O5S. The molecule has 0 unspecified atom stereocenters. The van der Waals surface area contributed by atoms with E-state index in [-0.39, 0.29) is 17.8 Å². The fourth-order valence-corrected chi connectivity index (χ4v) is 5.34. The normalized spacial score (nSPS) is 15.3. The monoisotopic (exact) mass is 458 g/mol. The highest BCUT2D eigenvalue weighted by molar-refractivity contribution is 7.89. The van der Waals surface area contributed by atoms with E-state index in [4.69, 9.17) is 0 Å². The third-order valence-corrected chi connectivity index (χ3v) is 7.92. The summed E-state index contributed by atoms with van der Waals surface area (Å²) in [6.07, 6.45) is 1.65. The van der Waals surface area contributed by atoms with E-state index in [9.17, 15) is 18.0 Å². The molecule has 7 nitrogen and oxygen atoms in total. The first-order valence-corrected chi connectivity index (χ1v) is 12.2. The summed E-state index contributed by atoms with van der Waals surface area (Å²) >= 11 is 0. The third kappa shape index (κ3) is 5.55. The molecule has 0 bridgehead atoms. The lowest BCUT2D eigenvalue weighted by atomic mass is 9.97. The van der Waals surface area contributed by atoms with Crippen molar-refractivity contribution < 1.29 is 22.7 Å². The zero-order valence-corrected chi connectivity index (χ0v) is 19.6. The van der Waals surface area contributed by atoms with Crippen molar-refractivity contribution in [3.8, 4) is 0 Å². The molecule has 1 aliphatic heterocycles. The summed E-state index contributed by atoms with van der Waals surface area (Å²) in [7, 11) is -2.20. The molecule has 0 aromatic heterocycles. The fourth-order valence-electron chi connectivity index (χ4n) is 3.78. The van der Waals surface area contributed by atoms with E-state index in [2.05, 4.69) is 10.1 Å². The van der Waals surface area contributed by atoms with Gasteiger partial charge in [-0.3, -0.25) is 4.79 Å². The van der Waals surface area contributed by atoms with Crippen molar-refractivity contribution in [2.75, 3.05) is 26.7 Å². The van der Waals surface area contributed by atoms with Gasteiger partial charge in [-0.2, -0.15) is 4.31 Å². The molecule has 0 aliphatic carbocycles. The van der Waals surface area contributed by atoms with Crippen LogP contribution in [0.25, 0.3) is 0 Å². The van der Waals surface area contributed by atoms with Gasteiger partial charge < -0.3 is 10.1 Å². The molecule has 1 fully saturated rings. The summed E-state index contributed by atoms with van der Waals surface area (Å²) in [5.41, 5.74) is 3.49. The van der Waals surface area contributed by atoms with Crippen molar-refractivity contribution in [3.05, 3.63) is 64.7 Å². The topological polar surface area (TPSA) is 92.8 Å². The van der Waals surface area contributed by atoms with Crippen molar-refractivity contribution >= 4 is 21.9 Å². The second-order valence-corrected chi connectivity index (χ2v) is 10.1. The first kappa shape index (κ1) is 23.9. The fraction of sp³-hybridized carbons (Fsp3) is 0.417. The minimum absolute atomic E-state index is 0.0422. The van der Waals surface area contributed by atoms with Crippen LogP contribution in [0.1, 0.15) is 39.9 Å². The van der Waals surface area contributed by atoms with Crippen LogP contribution in [0.4, 0.5) is 0 Å². The molecular weight excluding hydrogens is 428 g/mol. The highest BCUT2D eigenvalue weighted by Crippen LogP contribution is 2.25. The van der Waals surface area contributed by atoms with Crippen LogP contribution in [-0.4, -0.2) is 51.3 Å². The molecule has 2 aromatic rings. The van der Waals surface area contributed by atoms with E-state index >= 15 is 0 Å². The number of amides is 1. The average molecular weight is 459 g/mol. The molecule has 3 rings (SSSR count). The molecule has 0 spiro atoms. The van der Waals surface area contributed by atoms with Gasteiger partial charge in [0.25, 0.3) is 0 Å². The van der Waals surface area contributed by atoms with E-state index in [1.165, 1.54) is 11.4 Å². The van der Waals surface area contributed by atoms with Crippen LogP contribution >= 0.6 is 0 Å². The number of nitrogens with one attached hydrogen (secondary N) is 1. The van der Waals surface area contributed by atoms with Gasteiger partial charge in [0.2, 0.25) is 15.9 Å². The van der Waals surface area contributed by atoms with Gasteiger partial charge in [-0.05, 0) is 74.1 Å². The number of carbonyl (C=O) groups is 2. The Balaban J connectivity index is 1.48. The summed E-state index contributed by atoms with van der Waals surface area (Å²) in [5.74, 6) is -0.613. The van der Waals surface area contributed by atoms with Crippen molar-refractivity contribution in [2.24, 2.45) is 5.92 Å². The Bertz CT molecular complexity index is 1070. The highest BCUT2D eigenvalue weighted by atomic mass is 32.2. The number of esters is 1. The smallest absolute Gasteiger partial charge is 0.337 e. The van der Waals surface area contributed by atoms with Gasteiger partial charge in [0.1, 0.15) is 0 Å². The maximum Gasteiger partial charge on any atom is 0.337 e. The van der Waals surface area contributed by atoms with Crippen LogP contribution in [-0.2, 0) is 26.0 Å². The lowest BCUT2D eigenvalue weighted by Crippen LogP contribution is -2.43. The van der Waals surface area contributed by atoms with Crippen LogP contribution in [0.3, 0.4) is 0 Å². The number of rotatable bonds is 7. The van der Waals surface area contributed by atoms with Gasteiger partial charge in [-0.15, -0.1) is 0 Å². The van der Waals surface area contributed by atoms with Gasteiger partial charge in [0, 0.05) is 25.6 Å². The number of hydrogen-bond donors (Lipinski definition) is 1. The number of methoxy groups -OCH3 is 1. The van der Waals surface area contributed by atoms with Crippen molar-refractivity contribution in [3.63, 3.8) is 0 Å². The van der Waals surface area contributed by atoms with Gasteiger partial charge in [0.05, 0.1) is 17.6 Å². The van der Waals surface area contributed by atoms with Gasteiger partial charge >= 0.3 is 5.97 Å². The van der Waals surface area contributed by atoms with Crippen LogP contribution < -0.4 is 5.32 Å². The first-order valence-electron chi connectivity index (χ1n) is 10.7. The largest absolute Gasteiger partial charge is 0.465 e. The van der Waals surface area contributed by atoms with Crippen molar-refractivity contribution in [1.29, 1.82) is 0 Å². The molecule has 1 aliphatic rings. The Kier molecular flexibility index (Phi) is 7.69. The first-order chi connectivity index (χ1) is 15.2. The Hall–Kier alpha value is -2.71. The lowest BCUT2D eigenvalue weighted by Gasteiger charge is -2.30. The molecule has 1 amide bonds. The Morgan fingerprint density at radius 3 is 2.28 bits per heavy atom. The van der Waals surface area contributed by atoms with Crippen molar-refractivity contribution in [2.45, 2.75) is 38.0 Å². The molecule has 0 radical (unpaired) electrons. The molecule has 0 atom stereocenters. The number of carbonyl (C=O) groups excluding carboxylic acids is 2. The SMILES string of the molecule is COC(=O)c1ccc(CCNC(=O)C2CCN(S(=O)(=O)c3ccc(C)c(C)c3)CC2)cc1. The molecule has 2 aromatic carbocycles. The van der Waals surface area contributed by atoms with Gasteiger partial charge in [0.15, 0.2) is 0 Å². The second-order valence-electron chi connectivity index (χ2n) is 8.15. The van der Waals surface area contributed by atoms with E-state index < -0.39 is 10.0 Å². The van der Waals surface area contributed by atoms with Crippen LogP contribution in [0, 0.1) is 19.8 Å². The number of nitrogens with zero attached hydrogens (tertiary/aromatic N) is 1. The molecule has 1 heterocycles. The van der Waals surface area contributed by atoms with E-state index in [0.717, 1.165) is 16.7 Å². The quantitative estimate of drug-likeness (QED) is 0.644. The molecule has 8 heteroatoms. The number of ether oxygens (including phenoxy) is 1. The molecule has 1 N–H and O–H groups in total. The minimum atomic E-state index is -3.55. The molecule has 32 heavy (non-hydrogen) atoms. The maximum absolute atomic E-state index is 12.9. The zero-order valence-electron chi connectivity index (χ0n) is 18.8. The van der Waals surface area contributed by atoms with E-state index in [1.807, 2.05) is 32.0 Å². The standard InChI is InChI=1S/C24H30N2O5S/c1-17-4-9-22(16-18(17)2)32(29,30)26-14-11-20(12-15-26)23(27)25-13-10-19-5-7-21(8-6-19)24(28)31-3/h4-9,16,20H,10-15H2,1-3H3,(H,25,27). The van der Waals surface area contributed by atoms with E-state index in [0.29, 0.717) is 49.4 Å². The van der Waals surface area contributed by atoms with Crippen LogP contribution in [0.2, 0.25) is 0 Å². The second kappa shape index (κ2) is 10.3. The zero-order chi connectivity index (χ0) is 23.3. The average Bonchev–Trinajstić information content (AvgIpc) is 2.80. The number of benzene rings is 2. The summed E-state index contributed by atoms with van der Waals surface area (Å²) in [5, 5.41) is 2.95. The number of hydrogen-bond acceptors (Lipinski definition) is 5. The summed E-state index contributed by atoms with van der Waals surface area (Å²) in [6, 6.07) is 12.3. The van der Waals surface area contributed by atoms with E-state index in [1.54, 1.807) is 24.3 Å².